The number of methoxy groups -OCH3 is 1. The number of amides is 1. The van der Waals surface area contributed by atoms with Crippen LogP contribution in [0.15, 0.2) is 24.4 Å². The molecule has 1 amide bonds. The summed E-state index contributed by atoms with van der Waals surface area (Å²) in [5, 5.41) is 14.1. The lowest BCUT2D eigenvalue weighted by atomic mass is 9.85. The molecule has 192 valence electrons. The maximum atomic E-state index is 12.6. The molecule has 0 radical (unpaired) electrons. The van der Waals surface area contributed by atoms with Gasteiger partial charge in [0.15, 0.2) is 0 Å². The Morgan fingerprint density at radius 3 is 2.56 bits per heavy atom. The predicted molar refractivity (Wildman–Crippen MR) is 136 cm³/mol. The molecule has 1 aliphatic heterocycles. The third-order valence-corrected chi connectivity index (χ3v) is 7.94. The first-order chi connectivity index (χ1) is 17.3. The van der Waals surface area contributed by atoms with Crippen molar-refractivity contribution in [3.05, 3.63) is 41.5 Å². The van der Waals surface area contributed by atoms with Crippen molar-refractivity contribution in [1.82, 2.24) is 19.3 Å². The second-order valence-electron chi connectivity index (χ2n) is 10.4. The number of carboxylic acids is 1. The van der Waals surface area contributed by atoms with Crippen LogP contribution < -0.4 is 4.90 Å². The number of ether oxygens (including phenoxy) is 1. The lowest BCUT2D eigenvalue weighted by Crippen LogP contribution is -2.42. The highest BCUT2D eigenvalue weighted by atomic mass is 16.5. The maximum Gasteiger partial charge on any atom is 0.414 e. The Labute approximate surface area is 211 Å². The van der Waals surface area contributed by atoms with Gasteiger partial charge < -0.3 is 14.4 Å². The zero-order valence-electron chi connectivity index (χ0n) is 21.5. The quantitative estimate of drug-likeness (QED) is 0.532. The van der Waals surface area contributed by atoms with E-state index in [1.165, 1.54) is 7.11 Å². The lowest BCUT2D eigenvalue weighted by molar-refractivity contribution is -0.143. The van der Waals surface area contributed by atoms with Crippen molar-refractivity contribution in [1.29, 1.82) is 0 Å². The molecule has 0 saturated heterocycles. The van der Waals surface area contributed by atoms with Crippen LogP contribution in [0.3, 0.4) is 0 Å². The highest BCUT2D eigenvalue weighted by molar-refractivity contribution is 5.95. The van der Waals surface area contributed by atoms with Gasteiger partial charge in [-0.3, -0.25) is 14.4 Å². The van der Waals surface area contributed by atoms with Crippen molar-refractivity contribution in [2.24, 2.45) is 5.92 Å². The molecule has 1 fully saturated rings. The van der Waals surface area contributed by atoms with Crippen LogP contribution in [-0.2, 0) is 22.5 Å². The summed E-state index contributed by atoms with van der Waals surface area (Å²) in [6.45, 7) is 6.91. The van der Waals surface area contributed by atoms with Crippen LogP contribution in [0.2, 0.25) is 0 Å². The molecule has 1 saturated carbocycles. The zero-order chi connectivity index (χ0) is 25.6. The molecule has 1 aliphatic carbocycles. The highest BCUT2D eigenvalue weighted by Gasteiger charge is 2.34. The SMILES string of the molecule is COC(=O)N1c2ccc3c(nc([C@@H](C)Cn4ccc(C)n4)n3C3CCC(C(=O)O)CC3)c2CC[C@@H]1C. The van der Waals surface area contributed by atoms with E-state index in [0.717, 1.165) is 59.5 Å². The topological polar surface area (TPSA) is 102 Å². The number of imidazole rings is 1. The summed E-state index contributed by atoms with van der Waals surface area (Å²) in [5.41, 5.74) is 4.93. The van der Waals surface area contributed by atoms with E-state index >= 15 is 0 Å². The molecule has 1 aromatic carbocycles. The van der Waals surface area contributed by atoms with Crippen LogP contribution in [0.25, 0.3) is 11.0 Å². The Kier molecular flexibility index (Phi) is 6.49. The molecule has 2 aromatic heterocycles. The van der Waals surface area contributed by atoms with Crippen molar-refractivity contribution in [2.75, 3.05) is 12.0 Å². The monoisotopic (exact) mass is 493 g/mol. The van der Waals surface area contributed by atoms with Gasteiger partial charge in [0.05, 0.1) is 42.0 Å². The van der Waals surface area contributed by atoms with Crippen LogP contribution in [0.4, 0.5) is 10.5 Å². The summed E-state index contributed by atoms with van der Waals surface area (Å²) in [4.78, 5) is 31.2. The van der Waals surface area contributed by atoms with Crippen molar-refractivity contribution in [2.45, 2.75) is 83.8 Å². The van der Waals surface area contributed by atoms with Crippen molar-refractivity contribution >= 4 is 28.8 Å². The van der Waals surface area contributed by atoms with Crippen molar-refractivity contribution in [3.63, 3.8) is 0 Å². The third kappa shape index (κ3) is 4.24. The summed E-state index contributed by atoms with van der Waals surface area (Å²) in [6.07, 6.45) is 6.29. The van der Waals surface area contributed by atoms with Gasteiger partial charge in [-0.05, 0) is 70.6 Å². The van der Waals surface area contributed by atoms with Crippen molar-refractivity contribution in [3.8, 4) is 0 Å². The normalized spacial score (nSPS) is 22.9. The Balaban J connectivity index is 1.60. The van der Waals surface area contributed by atoms with E-state index in [0.29, 0.717) is 19.4 Å². The van der Waals surface area contributed by atoms with Gasteiger partial charge in [-0.15, -0.1) is 0 Å². The number of fused-ring (bicyclic) bond motifs is 3. The second-order valence-corrected chi connectivity index (χ2v) is 10.4. The average Bonchev–Trinajstić information content (AvgIpc) is 3.46. The number of aliphatic carboxylic acids is 1. The van der Waals surface area contributed by atoms with Crippen LogP contribution in [0, 0.1) is 12.8 Å². The van der Waals surface area contributed by atoms with Crippen LogP contribution in [0.1, 0.15) is 75.0 Å². The van der Waals surface area contributed by atoms with E-state index in [1.54, 1.807) is 4.90 Å². The van der Waals surface area contributed by atoms with Gasteiger partial charge in [0.1, 0.15) is 5.82 Å². The number of aromatic nitrogens is 4. The number of carbonyl (C=O) groups is 2. The molecule has 2 atom stereocenters. The molecule has 2 aliphatic rings. The predicted octanol–water partition coefficient (Wildman–Crippen LogP) is 5.07. The number of hydrogen-bond donors (Lipinski definition) is 1. The van der Waals surface area contributed by atoms with Gasteiger partial charge in [0.25, 0.3) is 0 Å². The third-order valence-electron chi connectivity index (χ3n) is 7.94. The summed E-state index contributed by atoms with van der Waals surface area (Å²) in [7, 11) is 1.42. The molecule has 0 bridgehead atoms. The fourth-order valence-electron chi connectivity index (χ4n) is 6.03. The number of aryl methyl sites for hydroxylation is 2. The Morgan fingerprint density at radius 2 is 1.92 bits per heavy atom. The molecule has 0 unspecified atom stereocenters. The molecule has 1 N–H and O–H groups in total. The van der Waals surface area contributed by atoms with Crippen molar-refractivity contribution < 1.29 is 19.4 Å². The fraction of sp³-hybridized carbons (Fsp3) is 0.556. The van der Waals surface area contributed by atoms with Gasteiger partial charge in [-0.25, -0.2) is 9.78 Å². The number of anilines is 1. The number of benzene rings is 1. The Morgan fingerprint density at radius 1 is 1.17 bits per heavy atom. The summed E-state index contributed by atoms with van der Waals surface area (Å²) < 4.78 is 9.41. The van der Waals surface area contributed by atoms with Gasteiger partial charge in [0, 0.05) is 29.8 Å². The maximum absolute atomic E-state index is 12.6. The summed E-state index contributed by atoms with van der Waals surface area (Å²) in [6, 6.07) is 6.35. The number of carbonyl (C=O) groups excluding carboxylic acids is 1. The molecule has 3 heterocycles. The zero-order valence-corrected chi connectivity index (χ0v) is 21.5. The van der Waals surface area contributed by atoms with E-state index in [9.17, 15) is 14.7 Å². The minimum Gasteiger partial charge on any atom is -0.481 e. The average molecular weight is 494 g/mol. The smallest absolute Gasteiger partial charge is 0.414 e. The number of hydrogen-bond acceptors (Lipinski definition) is 5. The lowest BCUT2D eigenvalue weighted by Gasteiger charge is -2.34. The number of carboxylic acid groups (broad SMARTS) is 1. The fourth-order valence-corrected chi connectivity index (χ4v) is 6.03. The van der Waals surface area contributed by atoms with Gasteiger partial charge in [0.2, 0.25) is 0 Å². The van der Waals surface area contributed by atoms with E-state index in [4.69, 9.17) is 9.72 Å². The number of nitrogens with zero attached hydrogens (tertiary/aromatic N) is 5. The molecule has 5 rings (SSSR count). The first-order valence-electron chi connectivity index (χ1n) is 12.9. The second kappa shape index (κ2) is 9.59. The standard InChI is InChI=1S/C27H35N5O4/c1-16(15-30-14-13-17(2)29-30)25-28-24-21-10-5-18(3)31(27(35)36-4)22(21)11-12-23(24)32(25)20-8-6-19(7-9-20)26(33)34/h11-14,16,18-20H,5-10,15H2,1-4H3,(H,33,34)/t16-,18-,19?,20?/m0/s1. The minimum atomic E-state index is -0.697. The Hall–Kier alpha value is -3.36. The molecular weight excluding hydrogens is 458 g/mol. The summed E-state index contributed by atoms with van der Waals surface area (Å²) >= 11 is 0. The molecular formula is C27H35N5O4. The Bertz CT molecular complexity index is 1290. The van der Waals surface area contributed by atoms with E-state index in [-0.39, 0.29) is 30.0 Å². The molecule has 9 nitrogen and oxygen atoms in total. The highest BCUT2D eigenvalue weighted by Crippen LogP contribution is 2.41. The van der Waals surface area contributed by atoms with E-state index in [2.05, 4.69) is 22.7 Å². The first kappa shape index (κ1) is 24.3. The van der Waals surface area contributed by atoms with Crippen LogP contribution in [0.5, 0.6) is 0 Å². The van der Waals surface area contributed by atoms with Gasteiger partial charge in [-0.1, -0.05) is 6.92 Å². The molecule has 36 heavy (non-hydrogen) atoms. The first-order valence-corrected chi connectivity index (χ1v) is 12.9. The molecule has 9 heteroatoms. The van der Waals surface area contributed by atoms with E-state index < -0.39 is 5.97 Å². The van der Waals surface area contributed by atoms with Gasteiger partial charge in [-0.2, -0.15) is 5.10 Å². The van der Waals surface area contributed by atoms with Crippen LogP contribution in [-0.4, -0.2) is 49.7 Å². The molecule has 0 spiro atoms. The largest absolute Gasteiger partial charge is 0.481 e. The van der Waals surface area contributed by atoms with Gasteiger partial charge >= 0.3 is 12.1 Å². The number of rotatable bonds is 5. The minimum absolute atomic E-state index is 0.0530. The van der Waals surface area contributed by atoms with Crippen LogP contribution >= 0.6 is 0 Å². The molecule has 3 aromatic rings. The van der Waals surface area contributed by atoms with E-state index in [1.807, 2.05) is 36.9 Å². The summed E-state index contributed by atoms with van der Waals surface area (Å²) in [5.74, 6) is 0.127.